The molecule has 1 aliphatic carbocycles. The zero-order valence-corrected chi connectivity index (χ0v) is 30.5. The molecule has 10 aromatic rings. The molecule has 7 aromatic carbocycles. The van der Waals surface area contributed by atoms with E-state index in [1.807, 2.05) is 30.5 Å². The molecule has 0 amide bonds. The Morgan fingerprint density at radius 3 is 2.02 bits per heavy atom. The Morgan fingerprint density at radius 2 is 1.16 bits per heavy atom. The van der Waals surface area contributed by atoms with E-state index < -0.39 is 0 Å². The number of nitrogens with zero attached hydrogens (tertiary/aromatic N) is 3. The zero-order valence-electron chi connectivity index (χ0n) is 30.5. The van der Waals surface area contributed by atoms with Crippen LogP contribution in [0.3, 0.4) is 0 Å². The van der Waals surface area contributed by atoms with Gasteiger partial charge in [-0.2, -0.15) is 0 Å². The van der Waals surface area contributed by atoms with Crippen molar-refractivity contribution in [1.82, 2.24) is 14.5 Å². The van der Waals surface area contributed by atoms with Crippen molar-refractivity contribution in [2.24, 2.45) is 0 Å². The van der Waals surface area contributed by atoms with Crippen LogP contribution < -0.4 is 0 Å². The molecule has 3 aromatic heterocycles. The van der Waals surface area contributed by atoms with Crippen LogP contribution >= 0.6 is 0 Å². The fraction of sp³-hybridized carbons (Fsp3) is 0.0588. The average molecular weight is 706 g/mol. The summed E-state index contributed by atoms with van der Waals surface area (Å²) in [5.74, 6) is 1.53. The largest absolute Gasteiger partial charge is 0.464 e. The lowest BCUT2D eigenvalue weighted by atomic mass is 9.75. The molecule has 1 aliphatic rings. The van der Waals surface area contributed by atoms with Crippen LogP contribution in [0.15, 0.2) is 181 Å². The first-order valence-electron chi connectivity index (χ1n) is 18.8. The van der Waals surface area contributed by atoms with Crippen LogP contribution in [-0.2, 0) is 5.41 Å². The number of para-hydroxylation sites is 1. The normalized spacial score (nSPS) is 13.1. The third kappa shape index (κ3) is 4.85. The van der Waals surface area contributed by atoms with Crippen LogP contribution in [0.4, 0.5) is 0 Å². The summed E-state index contributed by atoms with van der Waals surface area (Å²) in [6.45, 7) is 4.70. The summed E-state index contributed by atoms with van der Waals surface area (Å²) in [5.41, 5.74) is 15.7. The Balaban J connectivity index is 1.13. The maximum atomic E-state index is 5.98. The average Bonchev–Trinajstić information content (AvgIpc) is 3.84. The molecule has 0 fully saturated rings. The van der Waals surface area contributed by atoms with Crippen LogP contribution in [-0.4, -0.2) is 14.5 Å². The molecule has 4 heteroatoms. The van der Waals surface area contributed by atoms with Crippen molar-refractivity contribution in [3.8, 4) is 61.8 Å². The van der Waals surface area contributed by atoms with Crippen molar-refractivity contribution in [1.29, 1.82) is 0 Å². The van der Waals surface area contributed by atoms with Gasteiger partial charge in [-0.3, -0.25) is 4.57 Å². The Kier molecular flexibility index (Phi) is 6.86. The molecule has 0 aliphatic heterocycles. The van der Waals surface area contributed by atoms with Gasteiger partial charge in [0.05, 0.1) is 23.0 Å². The van der Waals surface area contributed by atoms with Crippen LogP contribution in [0.5, 0.6) is 0 Å². The summed E-state index contributed by atoms with van der Waals surface area (Å²) >= 11 is 0. The van der Waals surface area contributed by atoms with Gasteiger partial charge in [0.2, 0.25) is 0 Å². The van der Waals surface area contributed by atoms with Crippen molar-refractivity contribution in [3.63, 3.8) is 0 Å². The first-order chi connectivity index (χ1) is 27.0. The SMILES string of the molecule is CC1(C)c2ccccc2-c2ccc3occc3c2-c2cc(-c3ccc4c(c3)c3ccccc3n4-c3cc(-c4ccccc4)nc(-c4ccccc4)n3)ccc21. The molecule has 0 atom stereocenters. The topological polar surface area (TPSA) is 43.9 Å². The van der Waals surface area contributed by atoms with Gasteiger partial charge in [0.15, 0.2) is 5.82 Å². The Bertz CT molecular complexity index is 3060. The number of aromatic nitrogens is 3. The Morgan fingerprint density at radius 1 is 0.473 bits per heavy atom. The third-order valence-electron chi connectivity index (χ3n) is 11.5. The van der Waals surface area contributed by atoms with E-state index >= 15 is 0 Å². The number of hydrogen-bond acceptors (Lipinski definition) is 3. The first-order valence-corrected chi connectivity index (χ1v) is 18.8. The van der Waals surface area contributed by atoms with E-state index in [4.69, 9.17) is 14.4 Å². The van der Waals surface area contributed by atoms with Crippen LogP contribution in [0.1, 0.15) is 25.0 Å². The molecule has 0 saturated carbocycles. The minimum atomic E-state index is -0.217. The van der Waals surface area contributed by atoms with Gasteiger partial charge in [-0.1, -0.05) is 135 Å². The van der Waals surface area contributed by atoms with Gasteiger partial charge in [-0.05, 0) is 81.4 Å². The monoisotopic (exact) mass is 705 g/mol. The highest BCUT2D eigenvalue weighted by atomic mass is 16.3. The molecule has 0 spiro atoms. The Hall–Kier alpha value is -7.04. The number of furan rings is 1. The molecule has 3 heterocycles. The van der Waals surface area contributed by atoms with Crippen molar-refractivity contribution in [2.75, 3.05) is 0 Å². The minimum absolute atomic E-state index is 0.217. The molecule has 260 valence electrons. The van der Waals surface area contributed by atoms with E-state index in [0.717, 1.165) is 50.2 Å². The lowest BCUT2D eigenvalue weighted by Crippen LogP contribution is -2.19. The standard InChI is InChI=1S/C51H35N3O/c1-51(2)42-19-11-9-17-36(42)38-23-26-47-39(27-28-55-47)49(38)41-30-34(21-24-43(41)51)35-22-25-46-40(29-35)37-18-10-12-20-45(37)54(46)48-31-44(32-13-5-3-6-14-32)52-50(53-48)33-15-7-4-8-16-33/h3-31H,1-2H3. The van der Waals surface area contributed by atoms with Gasteiger partial charge in [0, 0.05) is 44.3 Å². The van der Waals surface area contributed by atoms with Crippen LogP contribution in [0.2, 0.25) is 0 Å². The lowest BCUT2D eigenvalue weighted by Gasteiger charge is -2.28. The molecule has 4 nitrogen and oxygen atoms in total. The van der Waals surface area contributed by atoms with E-state index in [0.29, 0.717) is 5.82 Å². The molecule has 55 heavy (non-hydrogen) atoms. The maximum Gasteiger partial charge on any atom is 0.162 e. The minimum Gasteiger partial charge on any atom is -0.464 e. The van der Waals surface area contributed by atoms with Gasteiger partial charge >= 0.3 is 0 Å². The van der Waals surface area contributed by atoms with E-state index in [1.165, 1.54) is 49.7 Å². The first kappa shape index (κ1) is 31.5. The summed E-state index contributed by atoms with van der Waals surface area (Å²) in [5, 5.41) is 3.49. The smallest absolute Gasteiger partial charge is 0.162 e. The van der Waals surface area contributed by atoms with Crippen molar-refractivity contribution >= 4 is 32.8 Å². The number of rotatable bonds is 4. The second-order valence-corrected chi connectivity index (χ2v) is 15.0. The maximum absolute atomic E-state index is 5.98. The van der Waals surface area contributed by atoms with Crippen molar-refractivity contribution < 1.29 is 4.42 Å². The highest BCUT2D eigenvalue weighted by Gasteiger charge is 2.34. The molecule has 0 unspecified atom stereocenters. The second-order valence-electron chi connectivity index (χ2n) is 15.0. The van der Waals surface area contributed by atoms with Crippen LogP contribution in [0, 0.1) is 0 Å². The highest BCUT2D eigenvalue weighted by Crippen LogP contribution is 2.51. The van der Waals surface area contributed by atoms with E-state index in [2.05, 4.69) is 164 Å². The predicted octanol–water partition coefficient (Wildman–Crippen LogP) is 13.3. The van der Waals surface area contributed by atoms with E-state index in [9.17, 15) is 0 Å². The molecule has 0 saturated heterocycles. The molecular weight excluding hydrogens is 671 g/mol. The molecule has 0 N–H and O–H groups in total. The van der Waals surface area contributed by atoms with E-state index in [-0.39, 0.29) is 5.41 Å². The quantitative estimate of drug-likeness (QED) is 0.183. The van der Waals surface area contributed by atoms with Gasteiger partial charge in [-0.15, -0.1) is 0 Å². The molecular formula is C51H35N3O. The van der Waals surface area contributed by atoms with Crippen molar-refractivity contribution in [2.45, 2.75) is 19.3 Å². The Labute approximate surface area is 319 Å². The summed E-state index contributed by atoms with van der Waals surface area (Å²) in [6, 6.07) is 60.6. The number of fused-ring (bicyclic) bond motifs is 10. The fourth-order valence-electron chi connectivity index (χ4n) is 8.86. The molecule has 0 bridgehead atoms. The molecule has 0 radical (unpaired) electrons. The second kappa shape index (κ2) is 12.0. The highest BCUT2D eigenvalue weighted by molar-refractivity contribution is 6.11. The summed E-state index contributed by atoms with van der Waals surface area (Å²) < 4.78 is 8.27. The van der Waals surface area contributed by atoms with Gasteiger partial charge in [0.25, 0.3) is 0 Å². The van der Waals surface area contributed by atoms with E-state index in [1.54, 1.807) is 0 Å². The zero-order chi connectivity index (χ0) is 36.7. The van der Waals surface area contributed by atoms with Crippen LogP contribution in [0.25, 0.3) is 94.6 Å². The predicted molar refractivity (Wildman–Crippen MR) is 225 cm³/mol. The summed E-state index contributed by atoms with van der Waals surface area (Å²) in [6.07, 6.45) is 1.81. The van der Waals surface area contributed by atoms with Gasteiger partial charge < -0.3 is 4.42 Å². The van der Waals surface area contributed by atoms with Gasteiger partial charge in [-0.25, -0.2) is 9.97 Å². The third-order valence-corrected chi connectivity index (χ3v) is 11.5. The number of benzene rings is 7. The summed E-state index contributed by atoms with van der Waals surface area (Å²) in [4.78, 5) is 10.3. The van der Waals surface area contributed by atoms with Gasteiger partial charge in [0.1, 0.15) is 11.4 Å². The number of hydrogen-bond donors (Lipinski definition) is 0. The van der Waals surface area contributed by atoms with Crippen molar-refractivity contribution in [3.05, 3.63) is 187 Å². The fourth-order valence-corrected chi connectivity index (χ4v) is 8.86. The molecule has 11 rings (SSSR count). The lowest BCUT2D eigenvalue weighted by molar-refractivity contribution is 0.616. The summed E-state index contributed by atoms with van der Waals surface area (Å²) in [7, 11) is 0.